The lowest BCUT2D eigenvalue weighted by molar-refractivity contribution is 0.943. The highest BCUT2D eigenvalue weighted by Gasteiger charge is 2.41. The lowest BCUT2D eigenvalue weighted by Crippen LogP contribution is -1.83. The highest BCUT2D eigenvalue weighted by Crippen LogP contribution is 2.55. The van der Waals surface area contributed by atoms with Gasteiger partial charge in [-0.3, -0.25) is 0 Å². The minimum absolute atomic E-state index is 0.539. The molecule has 0 saturated heterocycles. The van der Waals surface area contributed by atoms with Crippen molar-refractivity contribution in [2.45, 2.75) is 18.3 Å². The van der Waals surface area contributed by atoms with Crippen LogP contribution < -0.4 is 0 Å². The van der Waals surface area contributed by atoms with Crippen LogP contribution >= 0.6 is 22.9 Å². The summed E-state index contributed by atoms with van der Waals surface area (Å²) >= 11 is 7.27. The van der Waals surface area contributed by atoms with E-state index < -0.39 is 0 Å². The van der Waals surface area contributed by atoms with Crippen LogP contribution in [0.4, 0.5) is 0 Å². The molecule has 2 atom stereocenters. The zero-order valence-electron chi connectivity index (χ0n) is 7.93. The largest absolute Gasteiger partial charge is 0.207 e. The minimum Gasteiger partial charge on any atom is -0.142 e. The number of aromatic nitrogens is 2. The third-order valence-corrected chi connectivity index (χ3v) is 3.90. The molecule has 1 saturated carbocycles. The lowest BCUT2D eigenvalue weighted by atomic mass is 10.1. The summed E-state index contributed by atoms with van der Waals surface area (Å²) in [5.41, 5.74) is 1.40. The van der Waals surface area contributed by atoms with Crippen LogP contribution in [-0.4, -0.2) is 10.2 Å². The number of halogens is 1. The van der Waals surface area contributed by atoms with E-state index in [1.54, 1.807) is 0 Å². The molecule has 1 fully saturated rings. The summed E-state index contributed by atoms with van der Waals surface area (Å²) < 4.78 is 0.545. The van der Waals surface area contributed by atoms with Gasteiger partial charge in [0.15, 0.2) is 0 Å². The van der Waals surface area contributed by atoms with E-state index in [1.165, 1.54) is 23.3 Å². The molecule has 2 nitrogen and oxygen atoms in total. The van der Waals surface area contributed by atoms with Gasteiger partial charge in [-0.1, -0.05) is 41.7 Å². The normalized spacial score (nSPS) is 24.1. The number of hydrogen-bond acceptors (Lipinski definition) is 3. The SMILES string of the molecule is Clc1nnc(C2CC2c2ccccc2)s1. The van der Waals surface area contributed by atoms with E-state index in [4.69, 9.17) is 11.6 Å². The molecule has 1 aliphatic rings. The molecule has 0 radical (unpaired) electrons. The van der Waals surface area contributed by atoms with Crippen LogP contribution in [0, 0.1) is 0 Å². The zero-order valence-corrected chi connectivity index (χ0v) is 9.50. The Bertz CT molecular complexity index is 468. The summed E-state index contributed by atoms with van der Waals surface area (Å²) in [7, 11) is 0. The molecular formula is C11H9ClN2S. The predicted molar refractivity (Wildman–Crippen MR) is 61.5 cm³/mol. The molecule has 4 heteroatoms. The van der Waals surface area contributed by atoms with Crippen molar-refractivity contribution >= 4 is 22.9 Å². The number of rotatable bonds is 2. The smallest absolute Gasteiger partial charge is 0.142 e. The van der Waals surface area contributed by atoms with E-state index in [0.717, 1.165) is 5.01 Å². The van der Waals surface area contributed by atoms with Crippen LogP contribution in [-0.2, 0) is 0 Å². The van der Waals surface area contributed by atoms with E-state index in [-0.39, 0.29) is 0 Å². The molecule has 0 amide bonds. The maximum Gasteiger partial charge on any atom is 0.207 e. The van der Waals surface area contributed by atoms with Crippen molar-refractivity contribution < 1.29 is 0 Å². The van der Waals surface area contributed by atoms with E-state index in [1.807, 2.05) is 6.07 Å². The first-order chi connectivity index (χ1) is 7.34. The summed E-state index contributed by atoms with van der Waals surface area (Å²) in [6.07, 6.45) is 1.18. The fourth-order valence-corrected chi connectivity index (χ4v) is 2.92. The van der Waals surface area contributed by atoms with Crippen molar-refractivity contribution in [3.63, 3.8) is 0 Å². The fraction of sp³-hybridized carbons (Fsp3) is 0.273. The van der Waals surface area contributed by atoms with E-state index >= 15 is 0 Å². The van der Waals surface area contributed by atoms with Crippen LogP contribution in [0.25, 0.3) is 0 Å². The molecular weight excluding hydrogens is 228 g/mol. The van der Waals surface area contributed by atoms with Crippen molar-refractivity contribution in [2.75, 3.05) is 0 Å². The Labute approximate surface area is 96.9 Å². The second kappa shape index (κ2) is 3.58. The molecule has 15 heavy (non-hydrogen) atoms. The standard InChI is InChI=1S/C11H9ClN2S/c12-11-14-13-10(15-11)9-6-8(9)7-4-2-1-3-5-7/h1-5,8-9H,6H2. The third-order valence-electron chi connectivity index (χ3n) is 2.75. The molecule has 1 aliphatic carbocycles. The first kappa shape index (κ1) is 9.31. The Morgan fingerprint density at radius 3 is 2.60 bits per heavy atom. The number of hydrogen-bond donors (Lipinski definition) is 0. The van der Waals surface area contributed by atoms with Crippen molar-refractivity contribution in [3.8, 4) is 0 Å². The van der Waals surface area contributed by atoms with Crippen molar-refractivity contribution in [1.82, 2.24) is 10.2 Å². The molecule has 0 aliphatic heterocycles. The summed E-state index contributed by atoms with van der Waals surface area (Å²) in [5, 5.41) is 9.01. The monoisotopic (exact) mass is 236 g/mol. The van der Waals surface area contributed by atoms with Gasteiger partial charge >= 0.3 is 0 Å². The Morgan fingerprint density at radius 1 is 1.13 bits per heavy atom. The van der Waals surface area contributed by atoms with Gasteiger partial charge < -0.3 is 0 Å². The van der Waals surface area contributed by atoms with E-state index in [9.17, 15) is 0 Å². The number of benzene rings is 1. The Morgan fingerprint density at radius 2 is 1.93 bits per heavy atom. The van der Waals surface area contributed by atoms with Gasteiger partial charge in [0.25, 0.3) is 0 Å². The molecule has 1 aromatic heterocycles. The molecule has 76 valence electrons. The van der Waals surface area contributed by atoms with Gasteiger partial charge in [0.2, 0.25) is 4.47 Å². The van der Waals surface area contributed by atoms with Crippen LogP contribution in [0.15, 0.2) is 30.3 Å². The molecule has 0 N–H and O–H groups in total. The van der Waals surface area contributed by atoms with Gasteiger partial charge in [-0.05, 0) is 29.5 Å². The Kier molecular flexibility index (Phi) is 2.22. The van der Waals surface area contributed by atoms with E-state index in [0.29, 0.717) is 16.3 Å². The minimum atomic E-state index is 0.539. The lowest BCUT2D eigenvalue weighted by Gasteiger charge is -1.96. The van der Waals surface area contributed by atoms with Crippen molar-refractivity contribution in [1.29, 1.82) is 0 Å². The van der Waals surface area contributed by atoms with Crippen LogP contribution in [0.3, 0.4) is 0 Å². The average molecular weight is 237 g/mol. The first-order valence-corrected chi connectivity index (χ1v) is 6.08. The van der Waals surface area contributed by atoms with Crippen LogP contribution in [0.5, 0.6) is 0 Å². The van der Waals surface area contributed by atoms with Gasteiger partial charge in [-0.25, -0.2) is 0 Å². The van der Waals surface area contributed by atoms with Gasteiger partial charge in [0, 0.05) is 5.92 Å². The second-order valence-electron chi connectivity index (χ2n) is 3.75. The van der Waals surface area contributed by atoms with Gasteiger partial charge in [-0.2, -0.15) is 0 Å². The predicted octanol–water partition coefficient (Wildman–Crippen LogP) is 3.46. The molecule has 0 spiro atoms. The summed E-state index contributed by atoms with van der Waals surface area (Å²) in [6.45, 7) is 0. The Balaban J connectivity index is 1.80. The average Bonchev–Trinajstić information content (AvgIpc) is 2.96. The van der Waals surface area contributed by atoms with Crippen molar-refractivity contribution in [2.24, 2.45) is 0 Å². The molecule has 3 rings (SSSR count). The molecule has 2 unspecified atom stereocenters. The van der Waals surface area contributed by atoms with E-state index in [2.05, 4.69) is 34.5 Å². The summed E-state index contributed by atoms with van der Waals surface area (Å²) in [5.74, 6) is 1.16. The molecule has 1 aromatic carbocycles. The topological polar surface area (TPSA) is 25.8 Å². The number of nitrogens with zero attached hydrogens (tertiary/aromatic N) is 2. The maximum absolute atomic E-state index is 5.77. The highest BCUT2D eigenvalue weighted by molar-refractivity contribution is 7.15. The van der Waals surface area contributed by atoms with Gasteiger partial charge in [0.05, 0.1) is 0 Å². The summed E-state index contributed by atoms with van der Waals surface area (Å²) in [4.78, 5) is 0. The molecule has 0 bridgehead atoms. The Hall–Kier alpha value is -0.930. The third kappa shape index (κ3) is 1.77. The highest BCUT2D eigenvalue weighted by atomic mass is 35.5. The first-order valence-electron chi connectivity index (χ1n) is 4.88. The summed E-state index contributed by atoms with van der Waals surface area (Å²) in [6, 6.07) is 10.6. The van der Waals surface area contributed by atoms with Gasteiger partial charge in [0.1, 0.15) is 5.01 Å². The van der Waals surface area contributed by atoms with Crippen molar-refractivity contribution in [3.05, 3.63) is 45.4 Å². The maximum atomic E-state index is 5.77. The fourth-order valence-electron chi connectivity index (χ4n) is 1.90. The molecule has 2 aromatic rings. The quantitative estimate of drug-likeness (QED) is 0.798. The second-order valence-corrected chi connectivity index (χ2v) is 5.34. The molecule has 1 heterocycles. The zero-order chi connectivity index (χ0) is 10.3. The van der Waals surface area contributed by atoms with Gasteiger partial charge in [-0.15, -0.1) is 10.2 Å². The van der Waals surface area contributed by atoms with Crippen LogP contribution in [0.1, 0.15) is 28.8 Å². The van der Waals surface area contributed by atoms with Crippen LogP contribution in [0.2, 0.25) is 4.47 Å².